The molecule has 0 N–H and O–H groups in total. The van der Waals surface area contributed by atoms with E-state index in [2.05, 4.69) is 206 Å². The molecule has 2 heteroatoms. The second-order valence-corrected chi connectivity index (χ2v) is 14.1. The highest BCUT2D eigenvalue weighted by molar-refractivity contribution is 6.00. The van der Waals surface area contributed by atoms with E-state index in [4.69, 9.17) is 9.47 Å². The molecule has 280 valence electrons. The maximum Gasteiger partial charge on any atom is 0.118 e. The van der Waals surface area contributed by atoms with Gasteiger partial charge < -0.3 is 9.47 Å². The maximum absolute atomic E-state index is 5.41. The number of ether oxygens (including phenoxy) is 2. The van der Waals surface area contributed by atoms with Crippen LogP contribution < -0.4 is 9.47 Å². The molecule has 0 aliphatic rings. The largest absolute Gasteiger partial charge is 0.497 e. The third-order valence-electron chi connectivity index (χ3n) is 10.3. The Bertz CT molecular complexity index is 2530. The van der Waals surface area contributed by atoms with Crippen molar-refractivity contribution < 1.29 is 9.47 Å². The Labute approximate surface area is 342 Å². The molecule has 0 heterocycles. The minimum absolute atomic E-state index is 0.847. The fourth-order valence-electron chi connectivity index (χ4n) is 7.23. The van der Waals surface area contributed by atoms with Crippen LogP contribution in [0.1, 0.15) is 55.6 Å². The average molecular weight is 749 g/mol. The lowest BCUT2D eigenvalue weighted by Gasteiger charge is -2.10. The summed E-state index contributed by atoms with van der Waals surface area (Å²) in [5, 5.41) is 2.44. The van der Waals surface area contributed by atoms with Gasteiger partial charge >= 0.3 is 0 Å². The SMILES string of the molecule is COc1ccc(C(=Cc2ccc(C=Cc3cccc4cccc(C=Cc5ccc(C=C(c6ccccc6)c6ccc(OC)cc6)cc5)c34)cc2)c2ccccc2)cc1. The zero-order chi connectivity index (χ0) is 39.5. The Morgan fingerprint density at radius 3 is 1.07 bits per heavy atom. The van der Waals surface area contributed by atoms with Crippen LogP contribution >= 0.6 is 0 Å². The number of fused-ring (bicyclic) bond motifs is 1. The van der Waals surface area contributed by atoms with Crippen molar-refractivity contribution in [3.05, 3.63) is 250 Å². The molecule has 0 saturated carbocycles. The van der Waals surface area contributed by atoms with Gasteiger partial charge in [-0.15, -0.1) is 0 Å². The molecule has 0 spiro atoms. The summed E-state index contributed by atoms with van der Waals surface area (Å²) in [6.07, 6.45) is 13.4. The molecule has 0 aromatic heterocycles. The summed E-state index contributed by atoms with van der Waals surface area (Å²) in [7, 11) is 3.39. The predicted molar refractivity (Wildman–Crippen MR) is 248 cm³/mol. The van der Waals surface area contributed by atoms with Gasteiger partial charge in [-0.3, -0.25) is 0 Å². The standard InChI is InChI=1S/C56H44O2/c1-57-52-35-31-47(32-36-52)54(45-11-5-3-6-12-45)39-43-23-19-41(20-24-43)27-29-50-17-9-15-49-16-10-18-51(56(49)50)30-28-42-21-25-44(26-22-42)40-55(46-13-7-4-8-14-46)48-33-37-53(58-2)38-34-48/h3-40H,1-2H3. The van der Waals surface area contributed by atoms with Crippen molar-refractivity contribution in [1.29, 1.82) is 0 Å². The lowest BCUT2D eigenvalue weighted by Crippen LogP contribution is -1.89. The van der Waals surface area contributed by atoms with Crippen LogP contribution in [0.2, 0.25) is 0 Å². The van der Waals surface area contributed by atoms with E-state index in [9.17, 15) is 0 Å². The Kier molecular flexibility index (Phi) is 11.7. The van der Waals surface area contributed by atoms with Gasteiger partial charge in [-0.05, 0) is 114 Å². The van der Waals surface area contributed by atoms with Crippen molar-refractivity contribution >= 4 is 58.4 Å². The molecule has 0 fully saturated rings. The zero-order valence-corrected chi connectivity index (χ0v) is 32.8. The van der Waals surface area contributed by atoms with Crippen molar-refractivity contribution in [3.63, 3.8) is 0 Å². The molecule has 0 saturated heterocycles. The van der Waals surface area contributed by atoms with Crippen molar-refractivity contribution in [2.24, 2.45) is 0 Å². The number of hydrogen-bond donors (Lipinski definition) is 0. The maximum atomic E-state index is 5.41. The minimum Gasteiger partial charge on any atom is -0.497 e. The molecule has 0 unspecified atom stereocenters. The number of hydrogen-bond acceptors (Lipinski definition) is 2. The van der Waals surface area contributed by atoms with Crippen molar-refractivity contribution in [1.82, 2.24) is 0 Å². The van der Waals surface area contributed by atoms with E-state index in [-0.39, 0.29) is 0 Å². The van der Waals surface area contributed by atoms with E-state index >= 15 is 0 Å². The highest BCUT2D eigenvalue weighted by Gasteiger charge is 2.08. The molecule has 58 heavy (non-hydrogen) atoms. The van der Waals surface area contributed by atoms with E-state index in [1.165, 1.54) is 33.0 Å². The number of benzene rings is 8. The molecule has 0 amide bonds. The lowest BCUT2D eigenvalue weighted by molar-refractivity contribution is 0.414. The molecule has 0 aliphatic carbocycles. The molecule has 2 nitrogen and oxygen atoms in total. The van der Waals surface area contributed by atoms with Crippen LogP contribution in [0.5, 0.6) is 11.5 Å². The summed E-state index contributed by atoms with van der Waals surface area (Å²) in [6, 6.07) is 68.1. The summed E-state index contributed by atoms with van der Waals surface area (Å²) in [5.41, 5.74) is 13.9. The first-order chi connectivity index (χ1) is 28.6. The van der Waals surface area contributed by atoms with Gasteiger partial charge in [0.25, 0.3) is 0 Å². The summed E-state index contributed by atoms with van der Waals surface area (Å²) in [6.45, 7) is 0. The second kappa shape index (κ2) is 18.0. The van der Waals surface area contributed by atoms with Crippen molar-refractivity contribution in [2.75, 3.05) is 14.2 Å². The Morgan fingerprint density at radius 1 is 0.328 bits per heavy atom. The molecule has 8 aromatic rings. The molecule has 0 aliphatic heterocycles. The number of methoxy groups -OCH3 is 2. The van der Waals surface area contributed by atoms with Crippen molar-refractivity contribution in [3.8, 4) is 11.5 Å². The summed E-state index contributed by atoms with van der Waals surface area (Å²) in [5.74, 6) is 1.69. The smallest absolute Gasteiger partial charge is 0.118 e. The highest BCUT2D eigenvalue weighted by atomic mass is 16.5. The van der Waals surface area contributed by atoms with Gasteiger partial charge in [0.1, 0.15) is 11.5 Å². The summed E-state index contributed by atoms with van der Waals surface area (Å²) < 4.78 is 10.8. The Balaban J connectivity index is 1.03. The normalized spacial score (nSPS) is 12.0. The quantitative estimate of drug-likeness (QED) is 0.116. The van der Waals surface area contributed by atoms with E-state index in [1.807, 2.05) is 24.3 Å². The lowest BCUT2D eigenvalue weighted by atomic mass is 9.95. The molecule has 0 radical (unpaired) electrons. The van der Waals surface area contributed by atoms with E-state index in [0.29, 0.717) is 0 Å². The number of rotatable bonds is 12. The van der Waals surface area contributed by atoms with Gasteiger partial charge in [-0.1, -0.05) is 194 Å². The van der Waals surface area contributed by atoms with Crippen LogP contribution in [0, 0.1) is 0 Å². The van der Waals surface area contributed by atoms with Crippen LogP contribution in [0.3, 0.4) is 0 Å². The fraction of sp³-hybridized carbons (Fsp3) is 0.0357. The summed E-state index contributed by atoms with van der Waals surface area (Å²) in [4.78, 5) is 0. The fourth-order valence-corrected chi connectivity index (χ4v) is 7.23. The van der Waals surface area contributed by atoms with Gasteiger partial charge in [0.2, 0.25) is 0 Å². The van der Waals surface area contributed by atoms with E-state index in [0.717, 1.165) is 56.0 Å². The van der Waals surface area contributed by atoms with Gasteiger partial charge in [0.05, 0.1) is 14.2 Å². The predicted octanol–water partition coefficient (Wildman–Crippen LogP) is 14.4. The van der Waals surface area contributed by atoms with Crippen LogP contribution in [0.4, 0.5) is 0 Å². The topological polar surface area (TPSA) is 18.5 Å². The van der Waals surface area contributed by atoms with Crippen LogP contribution in [-0.4, -0.2) is 14.2 Å². The monoisotopic (exact) mass is 748 g/mol. The summed E-state index contributed by atoms with van der Waals surface area (Å²) >= 11 is 0. The first-order valence-electron chi connectivity index (χ1n) is 19.5. The van der Waals surface area contributed by atoms with Gasteiger partial charge in [-0.2, -0.15) is 0 Å². The Morgan fingerprint density at radius 2 is 0.690 bits per heavy atom. The average Bonchev–Trinajstić information content (AvgIpc) is 3.30. The second-order valence-electron chi connectivity index (χ2n) is 14.1. The van der Waals surface area contributed by atoms with Gasteiger partial charge in [0.15, 0.2) is 0 Å². The third-order valence-corrected chi connectivity index (χ3v) is 10.3. The van der Waals surface area contributed by atoms with Crippen molar-refractivity contribution in [2.45, 2.75) is 0 Å². The van der Waals surface area contributed by atoms with Gasteiger partial charge in [0, 0.05) is 0 Å². The molecule has 8 rings (SSSR count). The van der Waals surface area contributed by atoms with E-state index in [1.54, 1.807) is 14.2 Å². The first kappa shape index (κ1) is 37.5. The van der Waals surface area contributed by atoms with Crippen LogP contribution in [0.25, 0.3) is 58.4 Å². The van der Waals surface area contributed by atoms with Crippen LogP contribution in [-0.2, 0) is 0 Å². The third kappa shape index (κ3) is 8.99. The molecule has 0 bridgehead atoms. The highest BCUT2D eigenvalue weighted by Crippen LogP contribution is 2.31. The zero-order valence-electron chi connectivity index (χ0n) is 32.8. The van der Waals surface area contributed by atoms with Gasteiger partial charge in [-0.25, -0.2) is 0 Å². The minimum atomic E-state index is 0.847. The van der Waals surface area contributed by atoms with E-state index < -0.39 is 0 Å². The first-order valence-corrected chi connectivity index (χ1v) is 19.5. The molecule has 0 atom stereocenters. The molecule has 8 aromatic carbocycles. The Hall–Kier alpha value is -7.42. The molecular formula is C56H44O2. The molecular weight excluding hydrogens is 705 g/mol. The van der Waals surface area contributed by atoms with Crippen LogP contribution in [0.15, 0.2) is 194 Å².